The van der Waals surface area contributed by atoms with Crippen LogP contribution < -0.4 is 5.32 Å². The highest BCUT2D eigenvalue weighted by Crippen LogP contribution is 2.54. The number of nitrogens with one attached hydrogen (secondary N) is 1. The molecule has 1 aromatic carbocycles. The molecular weight excluding hydrogens is 226 g/mol. The fraction of sp³-hybridized carbons (Fsp3) is 0.467. The van der Waals surface area contributed by atoms with Crippen molar-refractivity contribution in [3.63, 3.8) is 0 Å². The first-order chi connectivity index (χ1) is 8.13. The van der Waals surface area contributed by atoms with E-state index in [2.05, 4.69) is 56.5 Å². The standard InChI is InChI=1S/C15H19NS/c1-15(2)11(9-14(15)16-3)13-8-10-6-4-5-7-12(10)17-13/h4-8,11,14,16H,9H2,1-3H3. The third-order valence-electron chi connectivity index (χ3n) is 4.40. The summed E-state index contributed by atoms with van der Waals surface area (Å²) in [5.41, 5.74) is 0.385. The van der Waals surface area contributed by atoms with Crippen LogP contribution in [0.5, 0.6) is 0 Å². The van der Waals surface area contributed by atoms with Crippen LogP contribution in [0.4, 0.5) is 0 Å². The Labute approximate surface area is 107 Å². The summed E-state index contributed by atoms with van der Waals surface area (Å²) in [6.07, 6.45) is 1.27. The lowest BCUT2D eigenvalue weighted by molar-refractivity contribution is 0.0774. The Kier molecular flexibility index (Phi) is 2.53. The van der Waals surface area contributed by atoms with Crippen LogP contribution in [-0.2, 0) is 0 Å². The predicted molar refractivity (Wildman–Crippen MR) is 75.8 cm³/mol. The second-order valence-electron chi connectivity index (χ2n) is 5.64. The molecule has 90 valence electrons. The van der Waals surface area contributed by atoms with Crippen molar-refractivity contribution in [3.05, 3.63) is 35.2 Å². The molecule has 0 bridgehead atoms. The van der Waals surface area contributed by atoms with E-state index in [0.29, 0.717) is 11.5 Å². The molecule has 0 amide bonds. The molecule has 1 nitrogen and oxygen atoms in total. The van der Waals surface area contributed by atoms with Crippen molar-refractivity contribution >= 4 is 21.4 Å². The molecule has 1 aromatic heterocycles. The van der Waals surface area contributed by atoms with Crippen molar-refractivity contribution in [1.29, 1.82) is 0 Å². The molecule has 1 fully saturated rings. The largest absolute Gasteiger partial charge is 0.316 e. The van der Waals surface area contributed by atoms with Gasteiger partial charge in [-0.05, 0) is 36.4 Å². The van der Waals surface area contributed by atoms with Crippen LogP contribution in [0.25, 0.3) is 10.1 Å². The maximum Gasteiger partial charge on any atom is 0.0345 e. The minimum absolute atomic E-state index is 0.385. The van der Waals surface area contributed by atoms with Gasteiger partial charge in [0, 0.05) is 21.5 Å². The Hall–Kier alpha value is -0.860. The maximum atomic E-state index is 3.43. The van der Waals surface area contributed by atoms with Gasteiger partial charge < -0.3 is 5.32 Å². The first-order valence-electron chi connectivity index (χ1n) is 6.28. The number of rotatable bonds is 2. The molecule has 0 radical (unpaired) electrons. The molecule has 2 heteroatoms. The van der Waals surface area contributed by atoms with Gasteiger partial charge in [-0.15, -0.1) is 11.3 Å². The summed E-state index contributed by atoms with van der Waals surface area (Å²) >= 11 is 1.97. The van der Waals surface area contributed by atoms with E-state index >= 15 is 0 Å². The Bertz CT molecular complexity index is 508. The Balaban J connectivity index is 1.95. The van der Waals surface area contributed by atoms with Gasteiger partial charge in [0.1, 0.15) is 0 Å². The van der Waals surface area contributed by atoms with Gasteiger partial charge >= 0.3 is 0 Å². The Morgan fingerprint density at radius 1 is 1.29 bits per heavy atom. The molecule has 0 saturated heterocycles. The average molecular weight is 245 g/mol. The summed E-state index contributed by atoms with van der Waals surface area (Å²) in [5, 5.41) is 4.83. The minimum Gasteiger partial charge on any atom is -0.316 e. The van der Waals surface area contributed by atoms with Gasteiger partial charge in [0.25, 0.3) is 0 Å². The molecule has 17 heavy (non-hydrogen) atoms. The SMILES string of the molecule is CNC1CC(c2cc3ccccc3s2)C1(C)C. The molecule has 0 aliphatic heterocycles. The number of hydrogen-bond acceptors (Lipinski definition) is 2. The minimum atomic E-state index is 0.385. The van der Waals surface area contributed by atoms with E-state index in [4.69, 9.17) is 0 Å². The Morgan fingerprint density at radius 2 is 2.06 bits per heavy atom. The van der Waals surface area contributed by atoms with E-state index in [0.717, 1.165) is 5.92 Å². The molecule has 1 heterocycles. The van der Waals surface area contributed by atoms with Crippen molar-refractivity contribution < 1.29 is 0 Å². The monoisotopic (exact) mass is 245 g/mol. The molecule has 3 rings (SSSR count). The third kappa shape index (κ3) is 1.62. The highest BCUT2D eigenvalue weighted by molar-refractivity contribution is 7.19. The average Bonchev–Trinajstić information content (AvgIpc) is 2.71. The molecular formula is C15H19NS. The van der Waals surface area contributed by atoms with Gasteiger partial charge in [0.05, 0.1) is 0 Å². The zero-order chi connectivity index (χ0) is 12.0. The van der Waals surface area contributed by atoms with Crippen LogP contribution in [0.3, 0.4) is 0 Å². The second-order valence-corrected chi connectivity index (χ2v) is 6.75. The highest BCUT2D eigenvalue weighted by Gasteiger charge is 2.48. The van der Waals surface area contributed by atoms with Crippen molar-refractivity contribution in [2.24, 2.45) is 5.41 Å². The van der Waals surface area contributed by atoms with Crippen molar-refractivity contribution in [2.75, 3.05) is 7.05 Å². The van der Waals surface area contributed by atoms with Crippen LogP contribution in [-0.4, -0.2) is 13.1 Å². The quantitative estimate of drug-likeness (QED) is 0.843. The van der Waals surface area contributed by atoms with Gasteiger partial charge in [0.2, 0.25) is 0 Å². The van der Waals surface area contributed by atoms with Crippen LogP contribution in [0.2, 0.25) is 0 Å². The van der Waals surface area contributed by atoms with Crippen molar-refractivity contribution in [2.45, 2.75) is 32.2 Å². The highest BCUT2D eigenvalue weighted by atomic mass is 32.1. The molecule has 1 aliphatic carbocycles. The van der Waals surface area contributed by atoms with Gasteiger partial charge in [-0.3, -0.25) is 0 Å². The van der Waals surface area contributed by atoms with Crippen LogP contribution in [0, 0.1) is 5.41 Å². The van der Waals surface area contributed by atoms with E-state index in [1.54, 1.807) is 4.88 Å². The van der Waals surface area contributed by atoms with E-state index in [-0.39, 0.29) is 0 Å². The van der Waals surface area contributed by atoms with E-state index < -0.39 is 0 Å². The van der Waals surface area contributed by atoms with E-state index in [9.17, 15) is 0 Å². The number of thiophene rings is 1. The fourth-order valence-corrected chi connectivity index (χ4v) is 4.45. The fourth-order valence-electron chi connectivity index (χ4n) is 3.07. The Morgan fingerprint density at radius 3 is 2.71 bits per heavy atom. The number of hydrogen-bond donors (Lipinski definition) is 1. The topological polar surface area (TPSA) is 12.0 Å². The molecule has 2 unspecified atom stereocenters. The summed E-state index contributed by atoms with van der Waals surface area (Å²) in [7, 11) is 2.08. The molecule has 1 aliphatic rings. The molecule has 2 aromatic rings. The zero-order valence-electron chi connectivity index (χ0n) is 10.7. The van der Waals surface area contributed by atoms with E-state index in [1.165, 1.54) is 16.5 Å². The molecule has 1 saturated carbocycles. The smallest absolute Gasteiger partial charge is 0.0345 e. The molecule has 1 N–H and O–H groups in total. The second kappa shape index (κ2) is 3.82. The number of benzene rings is 1. The van der Waals surface area contributed by atoms with Crippen LogP contribution >= 0.6 is 11.3 Å². The first-order valence-corrected chi connectivity index (χ1v) is 7.10. The summed E-state index contributed by atoms with van der Waals surface area (Å²) < 4.78 is 1.42. The third-order valence-corrected chi connectivity index (χ3v) is 5.63. The van der Waals surface area contributed by atoms with Gasteiger partial charge in [-0.2, -0.15) is 0 Å². The lowest BCUT2D eigenvalue weighted by Gasteiger charge is -2.52. The van der Waals surface area contributed by atoms with E-state index in [1.807, 2.05) is 11.3 Å². The summed E-state index contributed by atoms with van der Waals surface area (Å²) in [6.45, 7) is 4.76. The maximum absolute atomic E-state index is 3.43. The van der Waals surface area contributed by atoms with Gasteiger partial charge in [-0.1, -0.05) is 32.0 Å². The lowest BCUT2D eigenvalue weighted by atomic mass is 9.58. The normalized spacial score (nSPS) is 27.0. The summed E-state index contributed by atoms with van der Waals surface area (Å²) in [5.74, 6) is 0.720. The van der Waals surface area contributed by atoms with Crippen molar-refractivity contribution in [3.8, 4) is 0 Å². The number of fused-ring (bicyclic) bond motifs is 1. The first kappa shape index (κ1) is 11.2. The zero-order valence-corrected chi connectivity index (χ0v) is 11.5. The summed E-state index contributed by atoms with van der Waals surface area (Å²) in [6, 6.07) is 11.8. The van der Waals surface area contributed by atoms with Crippen molar-refractivity contribution in [1.82, 2.24) is 5.32 Å². The predicted octanol–water partition coefficient (Wildman–Crippen LogP) is 4.00. The van der Waals surface area contributed by atoms with Crippen LogP contribution in [0.15, 0.2) is 30.3 Å². The molecule has 2 atom stereocenters. The van der Waals surface area contributed by atoms with Gasteiger partial charge in [-0.25, -0.2) is 0 Å². The lowest BCUT2D eigenvalue weighted by Crippen LogP contribution is -2.54. The van der Waals surface area contributed by atoms with Gasteiger partial charge in [0.15, 0.2) is 0 Å². The van der Waals surface area contributed by atoms with Crippen LogP contribution in [0.1, 0.15) is 31.1 Å². The summed E-state index contributed by atoms with van der Waals surface area (Å²) in [4.78, 5) is 1.56. The molecule has 0 spiro atoms.